The van der Waals surface area contributed by atoms with Crippen molar-refractivity contribution < 1.29 is 24.5 Å². The van der Waals surface area contributed by atoms with Crippen LogP contribution in [0.2, 0.25) is 0 Å². The van der Waals surface area contributed by atoms with Crippen molar-refractivity contribution in [2.75, 3.05) is 0 Å². The Morgan fingerprint density at radius 2 is 1.90 bits per heavy atom. The number of alkyl halides is 1. The number of benzene rings is 1. The van der Waals surface area contributed by atoms with Gasteiger partial charge in [0.05, 0.1) is 12.2 Å². The average Bonchev–Trinajstić information content (AvgIpc) is 3.23. The molecule has 29 heavy (non-hydrogen) atoms. The van der Waals surface area contributed by atoms with E-state index in [1.807, 2.05) is 24.3 Å². The number of aliphatic hydroxyl groups excluding tert-OH is 2. The highest BCUT2D eigenvalue weighted by Crippen LogP contribution is 2.38. The summed E-state index contributed by atoms with van der Waals surface area (Å²) in [7, 11) is 0. The molecule has 0 radical (unpaired) electrons. The van der Waals surface area contributed by atoms with Gasteiger partial charge in [-0.2, -0.15) is 0 Å². The van der Waals surface area contributed by atoms with Gasteiger partial charge in [0.2, 0.25) is 0 Å². The van der Waals surface area contributed by atoms with Gasteiger partial charge in [-0.05, 0) is 55.1 Å². The van der Waals surface area contributed by atoms with E-state index in [1.54, 1.807) is 12.2 Å². The van der Waals surface area contributed by atoms with E-state index in [0.717, 1.165) is 12.8 Å². The fourth-order valence-electron chi connectivity index (χ4n) is 4.64. The van der Waals surface area contributed by atoms with Crippen LogP contribution in [0.4, 0.5) is 4.39 Å². The monoisotopic (exact) mass is 402 g/mol. The highest BCUT2D eigenvalue weighted by Gasteiger charge is 2.40. The minimum Gasteiger partial charge on any atom is -0.481 e. The van der Waals surface area contributed by atoms with E-state index < -0.39 is 30.3 Å². The van der Waals surface area contributed by atoms with Crippen molar-refractivity contribution >= 4 is 5.97 Å². The zero-order valence-corrected chi connectivity index (χ0v) is 16.7. The van der Waals surface area contributed by atoms with Gasteiger partial charge in [0.15, 0.2) is 0 Å². The molecule has 0 saturated heterocycles. The molecule has 0 aromatic heterocycles. The van der Waals surface area contributed by atoms with Gasteiger partial charge in [0.1, 0.15) is 6.17 Å². The van der Waals surface area contributed by atoms with Crippen molar-refractivity contribution in [3.8, 4) is 0 Å². The summed E-state index contributed by atoms with van der Waals surface area (Å²) in [5.41, 5.74) is 2.55. The number of hydrogen-bond donors (Lipinski definition) is 3. The van der Waals surface area contributed by atoms with E-state index >= 15 is 0 Å². The van der Waals surface area contributed by atoms with Crippen LogP contribution in [0.1, 0.15) is 43.2 Å². The normalized spacial score (nSPS) is 28.4. The van der Waals surface area contributed by atoms with Gasteiger partial charge < -0.3 is 15.3 Å². The zero-order valence-electron chi connectivity index (χ0n) is 16.7. The minimum atomic E-state index is -1.11. The van der Waals surface area contributed by atoms with Crippen molar-refractivity contribution in [2.24, 2.45) is 17.8 Å². The van der Waals surface area contributed by atoms with Gasteiger partial charge in [-0.15, -0.1) is 0 Å². The van der Waals surface area contributed by atoms with E-state index in [1.165, 1.54) is 11.1 Å². The van der Waals surface area contributed by atoms with Crippen LogP contribution in [0, 0.1) is 17.8 Å². The number of unbranched alkanes of at least 4 members (excludes halogenated alkanes) is 1. The molecule has 2 aliphatic carbocycles. The molecule has 0 heterocycles. The second kappa shape index (κ2) is 10.2. The van der Waals surface area contributed by atoms with E-state index in [4.69, 9.17) is 5.11 Å². The third-order valence-corrected chi connectivity index (χ3v) is 6.31. The molecule has 0 aliphatic heterocycles. The zero-order chi connectivity index (χ0) is 20.8. The number of rotatable bonds is 9. The molecule has 4 nitrogen and oxygen atoms in total. The fourth-order valence-corrected chi connectivity index (χ4v) is 4.64. The maximum absolute atomic E-state index is 14.5. The van der Waals surface area contributed by atoms with Gasteiger partial charge in [-0.1, -0.05) is 48.6 Å². The van der Waals surface area contributed by atoms with Crippen LogP contribution in [-0.2, 0) is 17.6 Å². The summed E-state index contributed by atoms with van der Waals surface area (Å²) in [5.74, 6) is -1.32. The van der Waals surface area contributed by atoms with Crippen molar-refractivity contribution in [1.29, 1.82) is 0 Å². The summed E-state index contributed by atoms with van der Waals surface area (Å²) in [6, 6.07) is 8.21. The Kier molecular flexibility index (Phi) is 7.62. The number of hydrogen-bond acceptors (Lipinski definition) is 3. The average molecular weight is 403 g/mol. The maximum Gasteiger partial charge on any atom is 0.303 e. The Bertz CT molecular complexity index is 719. The first-order valence-electron chi connectivity index (χ1n) is 10.6. The van der Waals surface area contributed by atoms with Crippen LogP contribution in [0.25, 0.3) is 0 Å². The molecule has 0 bridgehead atoms. The van der Waals surface area contributed by atoms with Crippen LogP contribution in [0.5, 0.6) is 0 Å². The second-order valence-corrected chi connectivity index (χ2v) is 8.37. The van der Waals surface area contributed by atoms with Gasteiger partial charge in [-0.3, -0.25) is 4.79 Å². The molecule has 158 valence electrons. The van der Waals surface area contributed by atoms with Crippen LogP contribution >= 0.6 is 0 Å². The van der Waals surface area contributed by atoms with Gasteiger partial charge >= 0.3 is 5.97 Å². The topological polar surface area (TPSA) is 77.8 Å². The Morgan fingerprint density at radius 1 is 1.21 bits per heavy atom. The molecule has 1 aromatic carbocycles. The first kappa shape index (κ1) is 21.7. The number of aliphatic hydroxyl groups is 2. The largest absolute Gasteiger partial charge is 0.481 e. The predicted molar refractivity (Wildman–Crippen MR) is 110 cm³/mol. The molecule has 5 atom stereocenters. The number of aliphatic carboxylic acids is 1. The molecule has 0 unspecified atom stereocenters. The van der Waals surface area contributed by atoms with Gasteiger partial charge in [-0.25, -0.2) is 4.39 Å². The molecule has 0 amide bonds. The first-order chi connectivity index (χ1) is 14.0. The standard InChI is InChI=1S/C24H31FO4/c25-21-15-23(27)20(9-3-1-2-4-10-24(28)29)19(21)11-12-22(26)18-13-16-7-5-6-8-17(16)14-18/h1,3,5-8,11-12,18-23,26-27H,2,4,9-10,13-15H2,(H,28,29)/b3-1-,12-11+/t19-,20-,21+,22+,23+/m1/s1. The lowest BCUT2D eigenvalue weighted by Crippen LogP contribution is -2.21. The summed E-state index contributed by atoms with van der Waals surface area (Å²) in [6.07, 6.45) is 8.57. The quantitative estimate of drug-likeness (QED) is 0.433. The summed E-state index contributed by atoms with van der Waals surface area (Å²) in [6.45, 7) is 0. The number of carboxylic acid groups (broad SMARTS) is 1. The molecule has 2 aliphatic rings. The van der Waals surface area contributed by atoms with Crippen molar-refractivity contribution in [3.63, 3.8) is 0 Å². The maximum atomic E-state index is 14.5. The van der Waals surface area contributed by atoms with E-state index in [9.17, 15) is 19.4 Å². The first-order valence-corrected chi connectivity index (χ1v) is 10.6. The third kappa shape index (κ3) is 5.77. The lowest BCUT2D eigenvalue weighted by molar-refractivity contribution is -0.137. The van der Waals surface area contributed by atoms with Gasteiger partial charge in [0.25, 0.3) is 0 Å². The minimum absolute atomic E-state index is 0.112. The number of allylic oxidation sites excluding steroid dienone is 3. The summed E-state index contributed by atoms with van der Waals surface area (Å²) in [4.78, 5) is 10.5. The van der Waals surface area contributed by atoms with Crippen molar-refractivity contribution in [1.82, 2.24) is 0 Å². The molecule has 3 rings (SSSR count). The third-order valence-electron chi connectivity index (χ3n) is 6.31. The van der Waals surface area contributed by atoms with Crippen LogP contribution < -0.4 is 0 Å². The Balaban J connectivity index is 1.53. The Morgan fingerprint density at radius 3 is 2.55 bits per heavy atom. The summed E-state index contributed by atoms with van der Waals surface area (Å²) < 4.78 is 14.5. The lowest BCUT2D eigenvalue weighted by Gasteiger charge is -2.20. The van der Waals surface area contributed by atoms with Crippen LogP contribution in [0.3, 0.4) is 0 Å². The summed E-state index contributed by atoms with van der Waals surface area (Å²) in [5, 5.41) is 29.5. The number of halogens is 1. The van der Waals surface area contributed by atoms with E-state index in [-0.39, 0.29) is 24.7 Å². The van der Waals surface area contributed by atoms with E-state index in [0.29, 0.717) is 19.3 Å². The van der Waals surface area contributed by atoms with Crippen LogP contribution in [0.15, 0.2) is 48.6 Å². The predicted octanol–water partition coefficient (Wildman–Crippen LogP) is 3.85. The molecule has 1 aromatic rings. The van der Waals surface area contributed by atoms with Crippen molar-refractivity contribution in [3.05, 3.63) is 59.7 Å². The molecule has 1 fully saturated rings. The number of carbonyl (C=O) groups is 1. The molecule has 0 spiro atoms. The highest BCUT2D eigenvalue weighted by molar-refractivity contribution is 5.66. The van der Waals surface area contributed by atoms with Gasteiger partial charge in [0, 0.05) is 18.8 Å². The SMILES string of the molecule is O=C(O)CCC/C=C\C[C@@H]1[C@@H](/C=C/[C@H](O)C2Cc3ccccc3C2)[C@@H](F)C[C@@H]1O. The molecular weight excluding hydrogens is 371 g/mol. The number of fused-ring (bicyclic) bond motifs is 1. The Hall–Kier alpha value is -1.98. The summed E-state index contributed by atoms with van der Waals surface area (Å²) >= 11 is 0. The molecule has 5 heteroatoms. The molecule has 1 saturated carbocycles. The highest BCUT2D eigenvalue weighted by atomic mass is 19.1. The Labute approximate surface area is 171 Å². The smallest absolute Gasteiger partial charge is 0.303 e. The fraction of sp³-hybridized carbons (Fsp3) is 0.542. The lowest BCUT2D eigenvalue weighted by atomic mass is 9.89. The van der Waals surface area contributed by atoms with E-state index in [2.05, 4.69) is 12.1 Å². The second-order valence-electron chi connectivity index (χ2n) is 8.37. The molecular formula is C24H31FO4. The van der Waals surface area contributed by atoms with Crippen LogP contribution in [-0.4, -0.2) is 39.7 Å². The van der Waals surface area contributed by atoms with Crippen molar-refractivity contribution in [2.45, 2.75) is 63.3 Å². The molecule has 3 N–H and O–H groups in total. The number of carboxylic acids is 1.